The minimum absolute atomic E-state index is 0.361. The summed E-state index contributed by atoms with van der Waals surface area (Å²) in [4.78, 5) is 0. The fraction of sp³-hybridized carbons (Fsp3) is 0.455. The minimum atomic E-state index is -1.18. The van der Waals surface area contributed by atoms with Crippen LogP contribution in [-0.2, 0) is 15.1 Å². The van der Waals surface area contributed by atoms with Crippen molar-refractivity contribution in [1.82, 2.24) is 5.32 Å². The van der Waals surface area contributed by atoms with Gasteiger partial charge in [0.05, 0.1) is 6.61 Å². The van der Waals surface area contributed by atoms with E-state index in [9.17, 15) is 5.11 Å². The molecule has 2 unspecified atom stereocenters. The maximum absolute atomic E-state index is 11.9. The normalized spacial score (nSPS) is 19.4. The molecule has 6 heteroatoms. The Hall–Kier alpha value is -1.14. The molecule has 0 saturated carbocycles. The smallest absolute Gasteiger partial charge is 0.118 e. The number of ether oxygens (including phenoxy) is 2. The van der Waals surface area contributed by atoms with Gasteiger partial charge >= 0.3 is 0 Å². The van der Waals surface area contributed by atoms with E-state index in [-0.39, 0.29) is 6.10 Å². The summed E-state index contributed by atoms with van der Waals surface area (Å²) in [5, 5.41) is 16.5. The number of hydrogen-bond acceptors (Lipinski definition) is 4. The molecule has 28 heavy (non-hydrogen) atoms. The van der Waals surface area contributed by atoms with Gasteiger partial charge < -0.3 is 19.9 Å². The molecule has 0 amide bonds. The van der Waals surface area contributed by atoms with E-state index in [0.717, 1.165) is 36.1 Å². The zero-order chi connectivity index (χ0) is 20.0. The molecule has 4 nitrogen and oxygen atoms in total. The number of rotatable bonds is 8. The van der Waals surface area contributed by atoms with Crippen LogP contribution >= 0.6 is 23.2 Å². The highest BCUT2D eigenvalue weighted by Crippen LogP contribution is 2.42. The van der Waals surface area contributed by atoms with Gasteiger partial charge in [-0.3, -0.25) is 0 Å². The van der Waals surface area contributed by atoms with Gasteiger partial charge in [0.15, 0.2) is 0 Å². The molecule has 2 aromatic rings. The molecule has 1 aliphatic heterocycles. The van der Waals surface area contributed by atoms with Crippen LogP contribution in [0.15, 0.2) is 42.5 Å². The number of aliphatic hydroxyl groups is 1. The van der Waals surface area contributed by atoms with Crippen LogP contribution < -0.4 is 5.32 Å². The average Bonchev–Trinajstić information content (AvgIpc) is 2.71. The molecular formula is C22H27Cl2NO3. The third-order valence-corrected chi connectivity index (χ3v) is 5.76. The van der Waals surface area contributed by atoms with Crippen LogP contribution in [0.25, 0.3) is 11.1 Å². The molecule has 2 atom stereocenters. The van der Waals surface area contributed by atoms with Crippen molar-refractivity contribution >= 4 is 23.2 Å². The minimum Gasteiger partial charge on any atom is -0.385 e. The summed E-state index contributed by atoms with van der Waals surface area (Å²) in [6, 6.07) is 13.2. The van der Waals surface area contributed by atoms with Gasteiger partial charge in [-0.1, -0.05) is 47.5 Å². The fourth-order valence-electron chi connectivity index (χ4n) is 3.80. The van der Waals surface area contributed by atoms with Crippen molar-refractivity contribution in [3.63, 3.8) is 0 Å². The Morgan fingerprint density at radius 1 is 1.21 bits per heavy atom. The maximum atomic E-state index is 11.9. The summed E-state index contributed by atoms with van der Waals surface area (Å²) in [5.41, 5.74) is 1.28. The first-order valence-electron chi connectivity index (χ1n) is 9.65. The van der Waals surface area contributed by atoms with Gasteiger partial charge in [-0.15, -0.1) is 0 Å². The van der Waals surface area contributed by atoms with Crippen molar-refractivity contribution in [3.05, 3.63) is 58.1 Å². The lowest BCUT2D eigenvalue weighted by Crippen LogP contribution is -2.51. The molecule has 0 bridgehead atoms. The summed E-state index contributed by atoms with van der Waals surface area (Å²) in [5.74, 6) is 0. The van der Waals surface area contributed by atoms with Crippen LogP contribution in [0, 0.1) is 0 Å². The summed E-state index contributed by atoms with van der Waals surface area (Å²) in [6.45, 7) is 2.60. The van der Waals surface area contributed by atoms with Crippen LogP contribution in [-0.4, -0.2) is 44.6 Å². The molecule has 0 aromatic heterocycles. The molecule has 1 heterocycles. The average molecular weight is 424 g/mol. The molecule has 0 spiro atoms. The van der Waals surface area contributed by atoms with Crippen LogP contribution in [0.2, 0.25) is 10.0 Å². The molecule has 152 valence electrons. The predicted molar refractivity (Wildman–Crippen MR) is 114 cm³/mol. The van der Waals surface area contributed by atoms with E-state index in [2.05, 4.69) is 5.32 Å². The van der Waals surface area contributed by atoms with Gasteiger partial charge in [-0.25, -0.2) is 0 Å². The fourth-order valence-corrected chi connectivity index (χ4v) is 4.28. The van der Waals surface area contributed by atoms with Crippen LogP contribution in [0.1, 0.15) is 24.8 Å². The number of nitrogens with one attached hydrogen (secondary N) is 1. The monoisotopic (exact) mass is 423 g/mol. The second kappa shape index (κ2) is 10.1. The van der Waals surface area contributed by atoms with Crippen molar-refractivity contribution in [2.45, 2.75) is 31.0 Å². The summed E-state index contributed by atoms with van der Waals surface area (Å²) >= 11 is 12.8. The highest BCUT2D eigenvalue weighted by atomic mass is 35.5. The Morgan fingerprint density at radius 3 is 2.75 bits per heavy atom. The van der Waals surface area contributed by atoms with E-state index in [4.69, 9.17) is 32.7 Å². The lowest BCUT2D eigenvalue weighted by atomic mass is 9.79. The molecule has 1 saturated heterocycles. The van der Waals surface area contributed by atoms with Gasteiger partial charge in [-0.05, 0) is 48.6 Å². The lowest BCUT2D eigenvalue weighted by Gasteiger charge is -2.40. The molecule has 2 N–H and O–H groups in total. The highest BCUT2D eigenvalue weighted by Gasteiger charge is 2.41. The predicted octanol–water partition coefficient (Wildman–Crippen LogP) is 4.65. The highest BCUT2D eigenvalue weighted by molar-refractivity contribution is 6.34. The van der Waals surface area contributed by atoms with Crippen molar-refractivity contribution in [3.8, 4) is 11.1 Å². The van der Waals surface area contributed by atoms with Gasteiger partial charge in [0.1, 0.15) is 11.7 Å². The first kappa shape index (κ1) is 21.6. The van der Waals surface area contributed by atoms with E-state index in [1.165, 1.54) is 0 Å². The van der Waals surface area contributed by atoms with Crippen LogP contribution in [0.3, 0.4) is 0 Å². The number of benzene rings is 2. The van der Waals surface area contributed by atoms with Crippen molar-refractivity contribution in [2.75, 3.05) is 33.4 Å². The molecule has 3 rings (SSSR count). The van der Waals surface area contributed by atoms with E-state index in [1.54, 1.807) is 7.11 Å². The van der Waals surface area contributed by atoms with E-state index < -0.39 is 5.60 Å². The van der Waals surface area contributed by atoms with Crippen molar-refractivity contribution < 1.29 is 14.6 Å². The van der Waals surface area contributed by atoms with Gasteiger partial charge in [-0.2, -0.15) is 0 Å². The lowest BCUT2D eigenvalue weighted by molar-refractivity contribution is -0.129. The number of unbranched alkanes of at least 4 members (excludes halogenated alkanes) is 1. The molecule has 0 radical (unpaired) electrons. The van der Waals surface area contributed by atoms with E-state index in [0.29, 0.717) is 36.2 Å². The largest absolute Gasteiger partial charge is 0.385 e. The molecule has 0 aliphatic carbocycles. The van der Waals surface area contributed by atoms with Crippen molar-refractivity contribution in [2.24, 2.45) is 0 Å². The Labute approximate surface area is 176 Å². The Bertz CT molecular complexity index is 780. The SMILES string of the molecule is COCCCCC(O)(c1cccc(Cl)c1-c1cccc(Cl)c1)C1CNCCO1. The maximum Gasteiger partial charge on any atom is 0.118 e. The Balaban J connectivity index is 2.05. The third-order valence-electron chi connectivity index (χ3n) is 5.21. The molecular weight excluding hydrogens is 397 g/mol. The van der Waals surface area contributed by atoms with Crippen LogP contribution in [0.5, 0.6) is 0 Å². The second-order valence-corrected chi connectivity index (χ2v) is 7.95. The number of morpholine rings is 1. The van der Waals surface area contributed by atoms with Gasteiger partial charge in [0.2, 0.25) is 0 Å². The van der Waals surface area contributed by atoms with Crippen molar-refractivity contribution in [1.29, 1.82) is 0 Å². The molecule has 2 aromatic carbocycles. The Morgan fingerprint density at radius 2 is 2.04 bits per heavy atom. The summed E-state index contributed by atoms with van der Waals surface area (Å²) in [7, 11) is 1.69. The topological polar surface area (TPSA) is 50.7 Å². The van der Waals surface area contributed by atoms with E-state index in [1.807, 2.05) is 42.5 Å². The number of hydrogen-bond donors (Lipinski definition) is 2. The molecule has 1 fully saturated rings. The first-order valence-corrected chi connectivity index (χ1v) is 10.4. The standard InChI is InChI=1S/C22H27Cl2NO3/c1-27-12-3-2-10-22(26,20-15-25-11-13-28-20)18-8-5-9-19(24)21(18)16-6-4-7-17(23)14-16/h4-9,14,20,25-26H,2-3,10-13,15H2,1H3. The zero-order valence-corrected chi connectivity index (χ0v) is 17.6. The van der Waals surface area contributed by atoms with E-state index >= 15 is 0 Å². The summed E-state index contributed by atoms with van der Waals surface area (Å²) in [6.07, 6.45) is 1.87. The zero-order valence-electron chi connectivity index (χ0n) is 16.1. The van der Waals surface area contributed by atoms with Crippen LogP contribution in [0.4, 0.5) is 0 Å². The quantitative estimate of drug-likeness (QED) is 0.606. The third kappa shape index (κ3) is 4.88. The van der Waals surface area contributed by atoms with Gasteiger partial charge in [0.25, 0.3) is 0 Å². The Kier molecular flexibility index (Phi) is 7.75. The first-order chi connectivity index (χ1) is 13.6. The summed E-state index contributed by atoms with van der Waals surface area (Å²) < 4.78 is 11.2. The molecule has 1 aliphatic rings. The van der Waals surface area contributed by atoms with Gasteiger partial charge in [0, 0.05) is 42.4 Å². The number of halogens is 2. The second-order valence-electron chi connectivity index (χ2n) is 7.11. The number of methoxy groups -OCH3 is 1.